The van der Waals surface area contributed by atoms with Gasteiger partial charge in [-0.05, 0) is 48.4 Å². The van der Waals surface area contributed by atoms with E-state index in [4.69, 9.17) is 10.00 Å². The number of unbranched alkanes of at least 4 members (excludes halogenated alkanes) is 1. The quantitative estimate of drug-likeness (QED) is 0.580. The predicted octanol–water partition coefficient (Wildman–Crippen LogP) is 3.80. The van der Waals surface area contributed by atoms with Crippen LogP contribution in [-0.4, -0.2) is 21.5 Å². The van der Waals surface area contributed by atoms with Crippen LogP contribution in [0.25, 0.3) is 0 Å². The molecule has 132 valence electrons. The Labute approximate surface area is 153 Å². The summed E-state index contributed by atoms with van der Waals surface area (Å²) in [4.78, 5) is 0. The van der Waals surface area contributed by atoms with E-state index in [2.05, 4.69) is 35.3 Å². The molecule has 0 unspecified atom stereocenters. The lowest BCUT2D eigenvalue weighted by Crippen LogP contribution is -2.27. The summed E-state index contributed by atoms with van der Waals surface area (Å²) in [5.74, 6) is 0.886. The fourth-order valence-electron chi connectivity index (χ4n) is 2.53. The van der Waals surface area contributed by atoms with Crippen molar-refractivity contribution >= 4 is 5.69 Å². The zero-order valence-electron chi connectivity index (χ0n) is 14.7. The molecule has 2 aromatic carbocycles. The van der Waals surface area contributed by atoms with Crippen LogP contribution in [-0.2, 0) is 6.54 Å². The van der Waals surface area contributed by atoms with Crippen LogP contribution in [0, 0.1) is 11.3 Å². The van der Waals surface area contributed by atoms with E-state index in [9.17, 15) is 0 Å². The first kappa shape index (κ1) is 17.5. The van der Waals surface area contributed by atoms with Crippen molar-refractivity contribution in [1.29, 1.82) is 5.26 Å². The summed E-state index contributed by atoms with van der Waals surface area (Å²) in [6.07, 6.45) is 5.49. The molecule has 0 saturated carbocycles. The van der Waals surface area contributed by atoms with Gasteiger partial charge in [0.15, 0.2) is 0 Å². The smallest absolute Gasteiger partial charge is 0.139 e. The van der Waals surface area contributed by atoms with Gasteiger partial charge in [0.1, 0.15) is 18.4 Å². The molecule has 0 saturated heterocycles. The predicted molar refractivity (Wildman–Crippen MR) is 99.6 cm³/mol. The summed E-state index contributed by atoms with van der Waals surface area (Å²) in [7, 11) is 0. The van der Waals surface area contributed by atoms with Crippen molar-refractivity contribution in [3.05, 3.63) is 72.3 Å². The third-order valence-electron chi connectivity index (χ3n) is 4.00. The molecule has 0 atom stereocenters. The Morgan fingerprint density at radius 3 is 2.35 bits per heavy atom. The van der Waals surface area contributed by atoms with Crippen molar-refractivity contribution in [2.45, 2.75) is 26.3 Å². The zero-order valence-corrected chi connectivity index (χ0v) is 14.7. The van der Waals surface area contributed by atoms with Gasteiger partial charge in [0.25, 0.3) is 0 Å². The van der Waals surface area contributed by atoms with Crippen molar-refractivity contribution in [1.82, 2.24) is 14.9 Å². The topological polar surface area (TPSA) is 67.0 Å². The van der Waals surface area contributed by atoms with E-state index in [0.717, 1.165) is 36.4 Å². The SMILES string of the molecule is CCCCOc1ccc(CN(c2ccc(C#N)cc2)n2cnnc2)cc1. The molecule has 3 aromatic rings. The van der Waals surface area contributed by atoms with Gasteiger partial charge in [-0.1, -0.05) is 25.5 Å². The molecule has 0 amide bonds. The Hall–Kier alpha value is -3.33. The van der Waals surface area contributed by atoms with Gasteiger partial charge in [-0.3, -0.25) is 5.01 Å². The largest absolute Gasteiger partial charge is 0.494 e. The van der Waals surface area contributed by atoms with Gasteiger partial charge in [-0.25, -0.2) is 4.68 Å². The van der Waals surface area contributed by atoms with E-state index in [1.54, 1.807) is 24.8 Å². The molecule has 0 radical (unpaired) electrons. The van der Waals surface area contributed by atoms with Crippen LogP contribution in [0.5, 0.6) is 5.75 Å². The maximum atomic E-state index is 8.99. The zero-order chi connectivity index (χ0) is 18.2. The van der Waals surface area contributed by atoms with Gasteiger partial charge in [0.05, 0.1) is 30.5 Å². The fourth-order valence-corrected chi connectivity index (χ4v) is 2.53. The Bertz CT molecular complexity index is 835. The van der Waals surface area contributed by atoms with E-state index >= 15 is 0 Å². The Kier molecular flexibility index (Phi) is 5.84. The molecule has 1 heterocycles. The Morgan fingerprint density at radius 2 is 1.73 bits per heavy atom. The van der Waals surface area contributed by atoms with E-state index in [1.165, 1.54) is 0 Å². The first-order valence-electron chi connectivity index (χ1n) is 8.64. The standard InChI is InChI=1S/C20H21N5O/c1-2-3-12-26-20-10-6-18(7-11-20)14-25(24-15-22-23-16-24)19-8-4-17(13-21)5-9-19/h4-11,15-16H,2-3,12,14H2,1H3. The molecule has 0 spiro atoms. The molecule has 3 rings (SSSR count). The third-order valence-corrected chi connectivity index (χ3v) is 4.00. The summed E-state index contributed by atoms with van der Waals surface area (Å²) in [6.45, 7) is 3.53. The number of benzene rings is 2. The lowest BCUT2D eigenvalue weighted by atomic mass is 10.2. The molecule has 0 aliphatic heterocycles. The normalized spacial score (nSPS) is 10.3. The second kappa shape index (κ2) is 8.67. The summed E-state index contributed by atoms with van der Waals surface area (Å²) >= 11 is 0. The molecule has 0 aliphatic carbocycles. The van der Waals surface area contributed by atoms with Crippen LogP contribution >= 0.6 is 0 Å². The second-order valence-electron chi connectivity index (χ2n) is 5.90. The molecular weight excluding hydrogens is 326 g/mol. The molecule has 26 heavy (non-hydrogen) atoms. The highest BCUT2D eigenvalue weighted by atomic mass is 16.5. The van der Waals surface area contributed by atoms with Gasteiger partial charge in [-0.2, -0.15) is 5.26 Å². The molecule has 0 aliphatic rings. The number of nitrogens with zero attached hydrogens (tertiary/aromatic N) is 5. The minimum atomic E-state index is 0.631. The third kappa shape index (κ3) is 4.39. The van der Waals surface area contributed by atoms with Crippen LogP contribution in [0.4, 0.5) is 5.69 Å². The van der Waals surface area contributed by atoms with Crippen LogP contribution in [0.15, 0.2) is 61.2 Å². The van der Waals surface area contributed by atoms with Gasteiger partial charge < -0.3 is 4.74 Å². The number of ether oxygens (including phenoxy) is 1. The van der Waals surface area contributed by atoms with Crippen LogP contribution in [0.2, 0.25) is 0 Å². The maximum Gasteiger partial charge on any atom is 0.139 e. The monoisotopic (exact) mass is 347 g/mol. The number of nitriles is 1. The number of anilines is 1. The average molecular weight is 347 g/mol. The van der Waals surface area contributed by atoms with Gasteiger partial charge in [0.2, 0.25) is 0 Å². The average Bonchev–Trinajstić information content (AvgIpc) is 3.22. The number of rotatable bonds is 8. The highest BCUT2D eigenvalue weighted by molar-refractivity contribution is 5.50. The molecule has 6 nitrogen and oxygen atoms in total. The second-order valence-corrected chi connectivity index (χ2v) is 5.90. The van der Waals surface area contributed by atoms with Crippen LogP contribution < -0.4 is 9.75 Å². The van der Waals surface area contributed by atoms with Crippen LogP contribution in [0.1, 0.15) is 30.9 Å². The Balaban J connectivity index is 1.77. The maximum absolute atomic E-state index is 8.99. The first-order chi connectivity index (χ1) is 12.8. The molecule has 6 heteroatoms. The van der Waals surface area contributed by atoms with Crippen molar-refractivity contribution in [3.8, 4) is 11.8 Å². The van der Waals surface area contributed by atoms with Crippen molar-refractivity contribution in [3.63, 3.8) is 0 Å². The van der Waals surface area contributed by atoms with Crippen molar-refractivity contribution in [2.75, 3.05) is 11.6 Å². The molecule has 0 N–H and O–H groups in total. The molecule has 0 fully saturated rings. The van der Waals surface area contributed by atoms with E-state index in [1.807, 2.05) is 34.0 Å². The van der Waals surface area contributed by atoms with Gasteiger partial charge in [-0.15, -0.1) is 10.2 Å². The summed E-state index contributed by atoms with van der Waals surface area (Å²) < 4.78 is 7.55. The lowest BCUT2D eigenvalue weighted by molar-refractivity contribution is 0.309. The van der Waals surface area contributed by atoms with Crippen LogP contribution in [0.3, 0.4) is 0 Å². The number of aromatic nitrogens is 3. The minimum absolute atomic E-state index is 0.631. The Morgan fingerprint density at radius 1 is 1.04 bits per heavy atom. The molecular formula is C20H21N5O. The van der Waals surface area contributed by atoms with Crippen molar-refractivity contribution in [2.24, 2.45) is 0 Å². The van der Waals surface area contributed by atoms with Crippen molar-refractivity contribution < 1.29 is 4.74 Å². The number of hydrogen-bond acceptors (Lipinski definition) is 5. The first-order valence-corrected chi connectivity index (χ1v) is 8.64. The molecule has 0 bridgehead atoms. The highest BCUT2D eigenvalue weighted by Crippen LogP contribution is 2.20. The number of hydrogen-bond donors (Lipinski definition) is 0. The lowest BCUT2D eigenvalue weighted by Gasteiger charge is -2.25. The van der Waals surface area contributed by atoms with E-state index in [0.29, 0.717) is 12.1 Å². The van der Waals surface area contributed by atoms with Gasteiger partial charge >= 0.3 is 0 Å². The minimum Gasteiger partial charge on any atom is -0.494 e. The van der Waals surface area contributed by atoms with E-state index in [-0.39, 0.29) is 0 Å². The fraction of sp³-hybridized carbons (Fsp3) is 0.250. The molecule has 1 aromatic heterocycles. The summed E-state index contributed by atoms with van der Waals surface area (Å²) in [5, 5.41) is 18.8. The van der Waals surface area contributed by atoms with E-state index < -0.39 is 0 Å². The summed E-state index contributed by atoms with van der Waals surface area (Å²) in [6, 6.07) is 17.7. The van der Waals surface area contributed by atoms with Gasteiger partial charge in [0, 0.05) is 0 Å². The highest BCUT2D eigenvalue weighted by Gasteiger charge is 2.10. The summed E-state index contributed by atoms with van der Waals surface area (Å²) in [5.41, 5.74) is 2.71.